The van der Waals surface area contributed by atoms with E-state index in [4.69, 9.17) is 9.47 Å². The molecule has 0 spiro atoms. The number of Topliss-reactive ketones (excluding diaryl/α,β-unsaturated/α-hetero) is 1. The predicted molar refractivity (Wildman–Crippen MR) is 146 cm³/mol. The average Bonchev–Trinajstić information content (AvgIpc) is 3.71. The lowest BCUT2D eigenvalue weighted by molar-refractivity contribution is -0.134. The Morgan fingerprint density at radius 3 is 2.25 bits per heavy atom. The van der Waals surface area contributed by atoms with Gasteiger partial charge in [0, 0.05) is 31.4 Å². The Hall–Kier alpha value is -3.67. The van der Waals surface area contributed by atoms with Gasteiger partial charge in [-0.1, -0.05) is 36.4 Å². The SMILES string of the molecule is CC(NC(=O)CN1CCOCC1)C(=O)NC(Cc1ccccn1)C(=O)NC(Cc1ccccc1)C(=O)[C@@]1(C)CO1. The third-order valence-electron chi connectivity index (χ3n) is 7.03. The highest BCUT2D eigenvalue weighted by molar-refractivity contribution is 5.98. The molecule has 3 unspecified atom stereocenters. The molecule has 4 atom stereocenters. The first kappa shape index (κ1) is 29.3. The Bertz CT molecular complexity index is 1170. The largest absolute Gasteiger partial charge is 0.379 e. The van der Waals surface area contributed by atoms with E-state index in [1.165, 1.54) is 0 Å². The molecule has 3 N–H and O–H groups in total. The van der Waals surface area contributed by atoms with Crippen LogP contribution in [0.3, 0.4) is 0 Å². The number of nitrogens with one attached hydrogen (secondary N) is 3. The first-order chi connectivity index (χ1) is 19.2. The van der Waals surface area contributed by atoms with Crippen molar-refractivity contribution in [1.82, 2.24) is 25.8 Å². The second-order valence-corrected chi connectivity index (χ2v) is 10.4. The van der Waals surface area contributed by atoms with Crippen LogP contribution in [0.2, 0.25) is 0 Å². The molecule has 4 rings (SSSR count). The van der Waals surface area contributed by atoms with Crippen molar-refractivity contribution in [3.8, 4) is 0 Å². The molecule has 2 fully saturated rings. The number of hydrogen-bond donors (Lipinski definition) is 3. The Kier molecular flexibility index (Phi) is 9.97. The number of nitrogens with zero attached hydrogens (tertiary/aromatic N) is 2. The molecule has 2 saturated heterocycles. The Morgan fingerprint density at radius 2 is 1.60 bits per heavy atom. The highest BCUT2D eigenvalue weighted by Gasteiger charge is 2.50. The van der Waals surface area contributed by atoms with Gasteiger partial charge in [-0.2, -0.15) is 0 Å². The summed E-state index contributed by atoms with van der Waals surface area (Å²) in [4.78, 5) is 58.7. The average molecular weight is 552 g/mol. The van der Waals surface area contributed by atoms with Crippen molar-refractivity contribution in [1.29, 1.82) is 0 Å². The van der Waals surface area contributed by atoms with Crippen molar-refractivity contribution in [3.05, 3.63) is 66.0 Å². The van der Waals surface area contributed by atoms with Crippen LogP contribution in [0.5, 0.6) is 0 Å². The summed E-state index contributed by atoms with van der Waals surface area (Å²) in [6, 6.07) is 11.9. The van der Waals surface area contributed by atoms with E-state index in [0.29, 0.717) is 38.6 Å². The number of ether oxygens (including phenoxy) is 2. The number of morpholine rings is 1. The van der Waals surface area contributed by atoms with Crippen LogP contribution in [0.25, 0.3) is 0 Å². The van der Waals surface area contributed by atoms with Gasteiger partial charge in [-0.25, -0.2) is 0 Å². The molecule has 2 aliphatic heterocycles. The number of pyridine rings is 1. The normalized spacial score (nSPS) is 20.9. The third kappa shape index (κ3) is 8.41. The van der Waals surface area contributed by atoms with E-state index in [1.54, 1.807) is 38.2 Å². The van der Waals surface area contributed by atoms with Gasteiger partial charge in [0.05, 0.1) is 32.4 Å². The van der Waals surface area contributed by atoms with Crippen LogP contribution in [0.15, 0.2) is 54.7 Å². The van der Waals surface area contributed by atoms with Crippen LogP contribution in [0.4, 0.5) is 0 Å². The van der Waals surface area contributed by atoms with Gasteiger partial charge in [-0.15, -0.1) is 0 Å². The molecule has 0 bridgehead atoms. The number of aromatic nitrogens is 1. The maximum atomic E-state index is 13.6. The summed E-state index contributed by atoms with van der Waals surface area (Å²) in [5, 5.41) is 8.31. The Labute approximate surface area is 234 Å². The minimum atomic E-state index is -1.03. The van der Waals surface area contributed by atoms with Crippen LogP contribution in [0, 0.1) is 0 Å². The lowest BCUT2D eigenvalue weighted by Crippen LogP contribution is -2.57. The highest BCUT2D eigenvalue weighted by atomic mass is 16.6. The fraction of sp³-hybridized carbons (Fsp3) is 0.483. The van der Waals surface area contributed by atoms with Crippen molar-refractivity contribution in [2.45, 2.75) is 50.4 Å². The van der Waals surface area contributed by atoms with Crippen LogP contribution in [-0.4, -0.2) is 96.6 Å². The van der Waals surface area contributed by atoms with Crippen molar-refractivity contribution < 1.29 is 28.7 Å². The van der Waals surface area contributed by atoms with E-state index in [-0.39, 0.29) is 31.1 Å². The Morgan fingerprint density at radius 1 is 0.925 bits per heavy atom. The van der Waals surface area contributed by atoms with E-state index in [9.17, 15) is 19.2 Å². The van der Waals surface area contributed by atoms with Gasteiger partial charge in [-0.3, -0.25) is 29.1 Å². The number of hydrogen-bond acceptors (Lipinski definition) is 8. The molecule has 3 heterocycles. The number of rotatable bonds is 13. The van der Waals surface area contributed by atoms with Crippen LogP contribution in [0.1, 0.15) is 25.1 Å². The zero-order valence-corrected chi connectivity index (χ0v) is 22.9. The summed E-state index contributed by atoms with van der Waals surface area (Å²) < 4.78 is 10.7. The lowest BCUT2D eigenvalue weighted by Gasteiger charge is -2.27. The fourth-order valence-electron chi connectivity index (χ4n) is 4.50. The van der Waals surface area contributed by atoms with Gasteiger partial charge in [-0.05, 0) is 38.0 Å². The first-order valence-corrected chi connectivity index (χ1v) is 13.6. The summed E-state index contributed by atoms with van der Waals surface area (Å²) in [6.07, 6.45) is 1.99. The second kappa shape index (κ2) is 13.6. The van der Waals surface area contributed by atoms with E-state index < -0.39 is 35.5 Å². The highest BCUT2D eigenvalue weighted by Crippen LogP contribution is 2.29. The molecule has 0 radical (unpaired) electrons. The van der Waals surface area contributed by atoms with Gasteiger partial charge in [0.15, 0.2) is 5.78 Å². The van der Waals surface area contributed by atoms with Crippen LogP contribution < -0.4 is 16.0 Å². The zero-order valence-electron chi connectivity index (χ0n) is 22.9. The summed E-state index contributed by atoms with van der Waals surface area (Å²) in [6.45, 7) is 6.13. The van der Waals surface area contributed by atoms with Gasteiger partial charge in [0.25, 0.3) is 0 Å². The second-order valence-electron chi connectivity index (χ2n) is 10.4. The monoisotopic (exact) mass is 551 g/mol. The van der Waals surface area contributed by atoms with Crippen molar-refractivity contribution >= 4 is 23.5 Å². The first-order valence-electron chi connectivity index (χ1n) is 13.6. The molecule has 0 aliphatic carbocycles. The minimum Gasteiger partial charge on any atom is -0.379 e. The number of carbonyl (C=O) groups excluding carboxylic acids is 4. The van der Waals surface area contributed by atoms with Crippen LogP contribution >= 0.6 is 0 Å². The summed E-state index contributed by atoms with van der Waals surface area (Å²) >= 11 is 0. The van der Waals surface area contributed by atoms with Gasteiger partial charge >= 0.3 is 0 Å². The van der Waals surface area contributed by atoms with E-state index >= 15 is 0 Å². The number of ketones is 1. The summed E-state index contributed by atoms with van der Waals surface area (Å²) in [5.41, 5.74) is 0.536. The summed E-state index contributed by atoms with van der Waals surface area (Å²) in [7, 11) is 0. The standard InChI is InChI=1S/C29H37N5O6/c1-20(31-25(35)18-34-12-14-39-15-13-34)27(37)33-24(17-22-10-6-7-11-30-22)28(38)32-23(26(36)29(2)19-40-29)16-21-8-4-3-5-9-21/h3-11,20,23-24H,12-19H2,1-2H3,(H,31,35)(H,32,38)(H,33,37)/t20?,23?,24?,29-/m1/s1. The molecule has 2 aromatic rings. The van der Waals surface area contributed by atoms with E-state index in [1.807, 2.05) is 35.2 Å². The van der Waals surface area contributed by atoms with E-state index in [0.717, 1.165) is 5.56 Å². The fourth-order valence-corrected chi connectivity index (χ4v) is 4.50. The third-order valence-corrected chi connectivity index (χ3v) is 7.03. The lowest BCUT2D eigenvalue weighted by atomic mass is 9.94. The van der Waals surface area contributed by atoms with Crippen molar-refractivity contribution in [2.24, 2.45) is 0 Å². The minimum absolute atomic E-state index is 0.104. The molecule has 3 amide bonds. The van der Waals surface area contributed by atoms with Crippen LogP contribution in [-0.2, 0) is 41.5 Å². The molecule has 1 aromatic carbocycles. The topological polar surface area (TPSA) is 142 Å². The van der Waals surface area contributed by atoms with E-state index in [2.05, 4.69) is 20.9 Å². The zero-order chi connectivity index (χ0) is 28.5. The predicted octanol–water partition coefficient (Wildman–Crippen LogP) is 0.0313. The van der Waals surface area contributed by atoms with Gasteiger partial charge < -0.3 is 25.4 Å². The number of carbonyl (C=O) groups is 4. The number of amides is 3. The molecule has 40 heavy (non-hydrogen) atoms. The van der Waals surface area contributed by atoms with Gasteiger partial charge in [0.1, 0.15) is 17.7 Å². The quantitative estimate of drug-likeness (QED) is 0.296. The van der Waals surface area contributed by atoms with Crippen molar-refractivity contribution in [2.75, 3.05) is 39.5 Å². The molecule has 11 nitrogen and oxygen atoms in total. The molecule has 2 aliphatic rings. The molecule has 0 saturated carbocycles. The maximum Gasteiger partial charge on any atom is 0.243 e. The molecule has 214 valence electrons. The molecular formula is C29H37N5O6. The smallest absolute Gasteiger partial charge is 0.243 e. The van der Waals surface area contributed by atoms with Gasteiger partial charge in [0.2, 0.25) is 17.7 Å². The van der Waals surface area contributed by atoms with Crippen molar-refractivity contribution in [3.63, 3.8) is 0 Å². The number of epoxide rings is 1. The summed E-state index contributed by atoms with van der Waals surface area (Å²) in [5.74, 6) is -1.56. The Balaban J connectivity index is 1.44. The molecule has 11 heteroatoms. The molecule has 1 aromatic heterocycles. The molecular weight excluding hydrogens is 514 g/mol. The maximum absolute atomic E-state index is 13.6. The number of benzene rings is 1.